The number of aliphatic hydroxyl groups is 1. The van der Waals surface area contributed by atoms with E-state index in [-0.39, 0.29) is 37.0 Å². The lowest BCUT2D eigenvalue weighted by Gasteiger charge is -2.52. The first-order valence-corrected chi connectivity index (χ1v) is 14.0. The van der Waals surface area contributed by atoms with Gasteiger partial charge in [-0.25, -0.2) is 14.8 Å². The number of piperazine rings is 1. The average Bonchev–Trinajstić information content (AvgIpc) is 3.40. The van der Waals surface area contributed by atoms with E-state index in [9.17, 15) is 32.7 Å². The summed E-state index contributed by atoms with van der Waals surface area (Å²) in [5.74, 6) is -1.36. The van der Waals surface area contributed by atoms with E-state index >= 15 is 0 Å². The number of nitrogens with zero attached hydrogens (tertiary/aromatic N) is 6. The molecule has 0 bridgehead atoms. The average molecular weight is 581 g/mol. The second-order valence-electron chi connectivity index (χ2n) is 11.7. The maximum Gasteiger partial charge on any atom is 0.407 e. The monoisotopic (exact) mass is 580 g/mol. The number of carboxylic acid groups (broad SMARTS) is 1. The Kier molecular flexibility index (Phi) is 7.64. The molecular formula is C27H35F3N6O5. The summed E-state index contributed by atoms with van der Waals surface area (Å²) in [7, 11) is 0. The molecule has 2 amide bonds. The van der Waals surface area contributed by atoms with Crippen LogP contribution in [-0.2, 0) is 11.3 Å². The summed E-state index contributed by atoms with van der Waals surface area (Å²) >= 11 is 0. The van der Waals surface area contributed by atoms with Crippen LogP contribution >= 0.6 is 0 Å². The van der Waals surface area contributed by atoms with Crippen molar-refractivity contribution in [2.45, 2.75) is 63.8 Å². The van der Waals surface area contributed by atoms with E-state index in [4.69, 9.17) is 5.11 Å². The van der Waals surface area contributed by atoms with Gasteiger partial charge in [-0.15, -0.1) is 0 Å². The molecule has 2 aromatic rings. The minimum Gasteiger partial charge on any atom is -0.465 e. The Hall–Kier alpha value is -3.42. The summed E-state index contributed by atoms with van der Waals surface area (Å²) in [6.07, 6.45) is -0.540. The van der Waals surface area contributed by atoms with Crippen molar-refractivity contribution in [2.75, 3.05) is 44.2 Å². The summed E-state index contributed by atoms with van der Waals surface area (Å²) in [6, 6.07) is 1.68. The molecule has 0 radical (unpaired) electrons. The maximum atomic E-state index is 13.5. The van der Waals surface area contributed by atoms with Crippen molar-refractivity contribution in [3.63, 3.8) is 0 Å². The third-order valence-electron chi connectivity index (χ3n) is 9.08. The van der Waals surface area contributed by atoms with Crippen LogP contribution in [0.2, 0.25) is 0 Å². The minimum absolute atomic E-state index is 0.0131. The minimum atomic E-state index is -4.44. The molecule has 224 valence electrons. The Morgan fingerprint density at radius 2 is 1.76 bits per heavy atom. The number of halogens is 3. The summed E-state index contributed by atoms with van der Waals surface area (Å²) in [5.41, 5.74) is -1.98. The SMILES string of the molecule is CC(CC(F)(F)F)C(=O)N1CCC(O)(Cn2ccc3nc(N4CCN(C(=O)O)CC4)ncc3c2=O)C2(CCCC2)C1. The number of likely N-dealkylation sites (tertiary alicyclic amines) is 1. The Bertz CT molecular complexity index is 1370. The summed E-state index contributed by atoms with van der Waals surface area (Å²) < 4.78 is 40.2. The lowest BCUT2D eigenvalue weighted by atomic mass is 9.65. The van der Waals surface area contributed by atoms with Gasteiger partial charge in [-0.2, -0.15) is 13.2 Å². The largest absolute Gasteiger partial charge is 0.465 e. The van der Waals surface area contributed by atoms with Crippen molar-refractivity contribution in [3.8, 4) is 0 Å². The third-order valence-corrected chi connectivity index (χ3v) is 9.08. The van der Waals surface area contributed by atoms with E-state index in [2.05, 4.69) is 9.97 Å². The molecule has 1 saturated carbocycles. The molecule has 2 atom stereocenters. The first-order chi connectivity index (χ1) is 19.3. The molecule has 1 aliphatic carbocycles. The fourth-order valence-corrected chi connectivity index (χ4v) is 6.75. The highest BCUT2D eigenvalue weighted by atomic mass is 19.4. The van der Waals surface area contributed by atoms with Gasteiger partial charge in [0.2, 0.25) is 11.9 Å². The molecule has 2 aromatic heterocycles. The number of aromatic nitrogens is 3. The number of pyridine rings is 1. The summed E-state index contributed by atoms with van der Waals surface area (Å²) in [5, 5.41) is 21.4. The second kappa shape index (κ2) is 10.8. The Balaban J connectivity index is 1.34. The predicted octanol–water partition coefficient (Wildman–Crippen LogP) is 2.70. The van der Waals surface area contributed by atoms with Gasteiger partial charge < -0.3 is 29.5 Å². The molecule has 2 unspecified atom stereocenters. The van der Waals surface area contributed by atoms with Gasteiger partial charge in [0.25, 0.3) is 5.56 Å². The van der Waals surface area contributed by atoms with Gasteiger partial charge in [0, 0.05) is 63.0 Å². The van der Waals surface area contributed by atoms with E-state index in [0.717, 1.165) is 12.8 Å². The van der Waals surface area contributed by atoms with Crippen LogP contribution in [0.5, 0.6) is 0 Å². The van der Waals surface area contributed by atoms with Crippen LogP contribution in [0.3, 0.4) is 0 Å². The smallest absolute Gasteiger partial charge is 0.407 e. The highest BCUT2D eigenvalue weighted by Gasteiger charge is 2.56. The fraction of sp³-hybridized carbons (Fsp3) is 0.667. The highest BCUT2D eigenvalue weighted by Crippen LogP contribution is 2.51. The molecule has 11 nitrogen and oxygen atoms in total. The van der Waals surface area contributed by atoms with Gasteiger partial charge in [-0.3, -0.25) is 9.59 Å². The summed E-state index contributed by atoms with van der Waals surface area (Å²) in [6.45, 7) is 3.05. The Labute approximate surface area is 234 Å². The quantitative estimate of drug-likeness (QED) is 0.552. The third kappa shape index (κ3) is 5.70. The highest BCUT2D eigenvalue weighted by molar-refractivity contribution is 5.79. The van der Waals surface area contributed by atoms with Crippen molar-refractivity contribution in [1.82, 2.24) is 24.3 Å². The van der Waals surface area contributed by atoms with Gasteiger partial charge in [0.1, 0.15) is 0 Å². The van der Waals surface area contributed by atoms with E-state index in [1.807, 2.05) is 4.90 Å². The van der Waals surface area contributed by atoms with Crippen molar-refractivity contribution in [1.29, 1.82) is 0 Å². The molecular weight excluding hydrogens is 545 g/mol. The van der Waals surface area contributed by atoms with E-state index in [1.165, 1.54) is 27.5 Å². The molecule has 2 saturated heterocycles. The number of alkyl halides is 3. The maximum absolute atomic E-state index is 13.5. The molecule has 0 aromatic carbocycles. The molecule has 2 N–H and O–H groups in total. The Morgan fingerprint density at radius 1 is 1.07 bits per heavy atom. The molecule has 14 heteroatoms. The second-order valence-corrected chi connectivity index (χ2v) is 11.7. The number of anilines is 1. The van der Waals surface area contributed by atoms with Crippen LogP contribution in [0.25, 0.3) is 10.9 Å². The number of carbonyl (C=O) groups is 2. The zero-order valence-electron chi connectivity index (χ0n) is 22.9. The lowest BCUT2D eigenvalue weighted by Crippen LogP contribution is -2.62. The van der Waals surface area contributed by atoms with Crippen molar-refractivity contribution in [2.24, 2.45) is 11.3 Å². The number of amides is 2. The lowest BCUT2D eigenvalue weighted by molar-refractivity contribution is -0.172. The van der Waals surface area contributed by atoms with E-state index < -0.39 is 41.5 Å². The van der Waals surface area contributed by atoms with Gasteiger partial charge >= 0.3 is 12.3 Å². The van der Waals surface area contributed by atoms with Crippen LogP contribution in [0.1, 0.15) is 45.4 Å². The zero-order chi connectivity index (χ0) is 29.6. The van der Waals surface area contributed by atoms with Crippen molar-refractivity contribution >= 4 is 28.9 Å². The van der Waals surface area contributed by atoms with Gasteiger partial charge in [-0.1, -0.05) is 19.8 Å². The first kappa shape index (κ1) is 29.1. The van der Waals surface area contributed by atoms with Crippen LogP contribution in [-0.4, -0.2) is 97.6 Å². The van der Waals surface area contributed by atoms with Crippen LogP contribution in [0.4, 0.5) is 23.9 Å². The zero-order valence-corrected chi connectivity index (χ0v) is 22.9. The number of carbonyl (C=O) groups excluding carboxylic acids is 1. The van der Waals surface area contributed by atoms with E-state index in [1.54, 1.807) is 12.3 Å². The fourth-order valence-electron chi connectivity index (χ4n) is 6.75. The Morgan fingerprint density at radius 3 is 2.39 bits per heavy atom. The molecule has 2 aliphatic heterocycles. The summed E-state index contributed by atoms with van der Waals surface area (Å²) in [4.78, 5) is 51.1. The number of rotatable bonds is 5. The molecule has 1 spiro atoms. The van der Waals surface area contributed by atoms with Crippen LogP contribution in [0.15, 0.2) is 23.3 Å². The predicted molar refractivity (Wildman–Crippen MR) is 142 cm³/mol. The molecule has 3 fully saturated rings. The van der Waals surface area contributed by atoms with Gasteiger partial charge in [-0.05, 0) is 25.3 Å². The van der Waals surface area contributed by atoms with Crippen LogP contribution < -0.4 is 10.5 Å². The number of piperidine rings is 1. The molecule has 4 heterocycles. The standard InChI is InChI=1S/C27H35F3N6O5/c1-18(14-27(28,29)30)21(37)36-9-7-26(41,25(16-36)5-2-3-6-25)17-35-8-4-20-19(22(35)38)15-31-23(32-20)33-10-12-34(13-11-33)24(39)40/h4,8,15,18,41H,2-3,5-7,9-14,16-17H2,1H3,(H,39,40). The van der Waals surface area contributed by atoms with Crippen molar-refractivity contribution in [3.05, 3.63) is 28.8 Å². The molecule has 3 aliphatic rings. The molecule has 41 heavy (non-hydrogen) atoms. The van der Waals surface area contributed by atoms with Gasteiger partial charge in [0.05, 0.1) is 29.5 Å². The van der Waals surface area contributed by atoms with Crippen molar-refractivity contribution < 1.29 is 33.0 Å². The molecule has 5 rings (SSSR count). The number of fused-ring (bicyclic) bond motifs is 1. The topological polar surface area (TPSA) is 132 Å². The first-order valence-electron chi connectivity index (χ1n) is 14.0. The van der Waals surface area contributed by atoms with Crippen LogP contribution in [0, 0.1) is 11.3 Å². The van der Waals surface area contributed by atoms with Gasteiger partial charge in [0.15, 0.2) is 0 Å². The van der Waals surface area contributed by atoms with E-state index in [0.29, 0.717) is 50.5 Å². The number of hydrogen-bond acceptors (Lipinski definition) is 7. The number of hydrogen-bond donors (Lipinski definition) is 2. The normalized spacial score (nSPS) is 23.8.